The standard InChI is InChI=1S/C16H16FN3/c1-12-5-3-8-15(19-12)11-20(2)10-14-7-4-6-13(9-18)16(14)17/h3-8H,10-11H2,1-2H3. The summed E-state index contributed by atoms with van der Waals surface area (Å²) in [7, 11) is 1.91. The Balaban J connectivity index is 2.09. The summed E-state index contributed by atoms with van der Waals surface area (Å²) in [5.41, 5.74) is 2.53. The van der Waals surface area contributed by atoms with Crippen LogP contribution >= 0.6 is 0 Å². The molecule has 4 heteroatoms. The minimum atomic E-state index is -0.431. The zero-order chi connectivity index (χ0) is 14.5. The lowest BCUT2D eigenvalue weighted by atomic mass is 10.1. The highest BCUT2D eigenvalue weighted by Gasteiger charge is 2.10. The average molecular weight is 269 g/mol. The molecule has 1 heterocycles. The van der Waals surface area contributed by atoms with Crippen molar-refractivity contribution < 1.29 is 4.39 Å². The number of nitrogens with zero attached hydrogens (tertiary/aromatic N) is 3. The molecule has 0 fully saturated rings. The Morgan fingerprint density at radius 3 is 2.65 bits per heavy atom. The van der Waals surface area contributed by atoms with Gasteiger partial charge in [-0.2, -0.15) is 5.26 Å². The lowest BCUT2D eigenvalue weighted by molar-refractivity contribution is 0.309. The third-order valence-corrected chi connectivity index (χ3v) is 3.02. The summed E-state index contributed by atoms with van der Waals surface area (Å²) < 4.78 is 14.0. The zero-order valence-corrected chi connectivity index (χ0v) is 11.6. The smallest absolute Gasteiger partial charge is 0.145 e. The highest BCUT2D eigenvalue weighted by Crippen LogP contribution is 2.14. The van der Waals surface area contributed by atoms with E-state index in [0.717, 1.165) is 11.4 Å². The van der Waals surface area contributed by atoms with E-state index in [1.165, 1.54) is 6.07 Å². The van der Waals surface area contributed by atoms with Crippen LogP contribution in [0.3, 0.4) is 0 Å². The van der Waals surface area contributed by atoms with E-state index in [2.05, 4.69) is 4.98 Å². The molecule has 0 N–H and O–H groups in total. The van der Waals surface area contributed by atoms with Gasteiger partial charge in [0.1, 0.15) is 11.9 Å². The van der Waals surface area contributed by atoms with Crippen LogP contribution in [0.2, 0.25) is 0 Å². The Bertz CT molecular complexity index is 646. The van der Waals surface area contributed by atoms with Crippen molar-refractivity contribution in [3.63, 3.8) is 0 Å². The average Bonchev–Trinajstić information content (AvgIpc) is 2.41. The second-order valence-corrected chi connectivity index (χ2v) is 4.83. The van der Waals surface area contributed by atoms with Gasteiger partial charge in [0.25, 0.3) is 0 Å². The van der Waals surface area contributed by atoms with E-state index in [1.807, 2.05) is 43.1 Å². The molecule has 0 spiro atoms. The fourth-order valence-electron chi connectivity index (χ4n) is 2.10. The normalized spacial score (nSPS) is 10.6. The molecule has 2 aromatic rings. The predicted octanol–water partition coefficient (Wildman–Crippen LogP) is 3.03. The Labute approximate surface area is 118 Å². The highest BCUT2D eigenvalue weighted by molar-refractivity contribution is 5.34. The van der Waals surface area contributed by atoms with Crippen molar-refractivity contribution in [2.24, 2.45) is 0 Å². The molecule has 0 saturated carbocycles. The van der Waals surface area contributed by atoms with Gasteiger partial charge < -0.3 is 0 Å². The van der Waals surface area contributed by atoms with Crippen molar-refractivity contribution in [2.75, 3.05) is 7.05 Å². The van der Waals surface area contributed by atoms with E-state index in [0.29, 0.717) is 18.7 Å². The number of hydrogen-bond acceptors (Lipinski definition) is 3. The molecular formula is C16H16FN3. The molecule has 3 nitrogen and oxygen atoms in total. The van der Waals surface area contributed by atoms with Crippen molar-refractivity contribution in [1.82, 2.24) is 9.88 Å². The fraction of sp³-hybridized carbons (Fsp3) is 0.250. The maximum atomic E-state index is 14.0. The number of hydrogen-bond donors (Lipinski definition) is 0. The van der Waals surface area contributed by atoms with Crippen molar-refractivity contribution in [3.05, 3.63) is 64.7 Å². The lowest BCUT2D eigenvalue weighted by Crippen LogP contribution is -2.19. The summed E-state index contributed by atoms with van der Waals surface area (Å²) in [6.45, 7) is 3.02. The molecular weight excluding hydrogens is 253 g/mol. The molecule has 0 saturated heterocycles. The summed E-state index contributed by atoms with van der Waals surface area (Å²) in [6, 6.07) is 12.6. The number of rotatable bonds is 4. The Kier molecular flexibility index (Phi) is 4.44. The molecule has 0 unspecified atom stereocenters. The molecule has 0 radical (unpaired) electrons. The molecule has 1 aromatic heterocycles. The largest absolute Gasteiger partial charge is 0.296 e. The van der Waals surface area contributed by atoms with Crippen LogP contribution < -0.4 is 0 Å². The van der Waals surface area contributed by atoms with Gasteiger partial charge in [0.15, 0.2) is 0 Å². The van der Waals surface area contributed by atoms with E-state index in [1.54, 1.807) is 12.1 Å². The Morgan fingerprint density at radius 2 is 1.95 bits per heavy atom. The van der Waals surface area contributed by atoms with Crippen LogP contribution in [0.25, 0.3) is 0 Å². The van der Waals surface area contributed by atoms with Gasteiger partial charge in [0, 0.05) is 24.3 Å². The third-order valence-electron chi connectivity index (χ3n) is 3.02. The maximum absolute atomic E-state index is 14.0. The quantitative estimate of drug-likeness (QED) is 0.856. The van der Waals surface area contributed by atoms with Gasteiger partial charge >= 0.3 is 0 Å². The summed E-state index contributed by atoms with van der Waals surface area (Å²) in [5, 5.41) is 8.83. The monoisotopic (exact) mass is 269 g/mol. The van der Waals surface area contributed by atoms with Crippen LogP contribution in [0.1, 0.15) is 22.5 Å². The second-order valence-electron chi connectivity index (χ2n) is 4.83. The number of benzene rings is 1. The molecule has 0 aliphatic rings. The van der Waals surface area contributed by atoms with Gasteiger partial charge in [-0.1, -0.05) is 18.2 Å². The molecule has 20 heavy (non-hydrogen) atoms. The van der Waals surface area contributed by atoms with Crippen LogP contribution in [0.4, 0.5) is 4.39 Å². The van der Waals surface area contributed by atoms with Crippen LogP contribution in [0, 0.1) is 24.1 Å². The summed E-state index contributed by atoms with van der Waals surface area (Å²) in [4.78, 5) is 6.40. The molecule has 0 bridgehead atoms. The van der Waals surface area contributed by atoms with Gasteiger partial charge in [-0.05, 0) is 32.2 Å². The number of aryl methyl sites for hydroxylation is 1. The molecule has 0 atom stereocenters. The fourth-order valence-corrected chi connectivity index (χ4v) is 2.10. The van der Waals surface area contributed by atoms with Crippen LogP contribution in [0.15, 0.2) is 36.4 Å². The van der Waals surface area contributed by atoms with Gasteiger partial charge in [-0.15, -0.1) is 0 Å². The Morgan fingerprint density at radius 1 is 1.20 bits per heavy atom. The molecule has 1 aromatic carbocycles. The molecule has 0 amide bonds. The van der Waals surface area contributed by atoms with E-state index in [9.17, 15) is 4.39 Å². The van der Waals surface area contributed by atoms with Gasteiger partial charge in [-0.3, -0.25) is 9.88 Å². The number of pyridine rings is 1. The van der Waals surface area contributed by atoms with Crippen LogP contribution in [-0.2, 0) is 13.1 Å². The first kappa shape index (κ1) is 14.2. The van der Waals surface area contributed by atoms with Gasteiger partial charge in [-0.25, -0.2) is 4.39 Å². The molecule has 2 rings (SSSR count). The van der Waals surface area contributed by atoms with Gasteiger partial charge in [0.05, 0.1) is 11.3 Å². The summed E-state index contributed by atoms with van der Waals surface area (Å²) >= 11 is 0. The van der Waals surface area contributed by atoms with Crippen molar-refractivity contribution in [1.29, 1.82) is 5.26 Å². The van der Waals surface area contributed by atoms with Crippen molar-refractivity contribution in [2.45, 2.75) is 20.0 Å². The Hall–Kier alpha value is -2.25. The minimum Gasteiger partial charge on any atom is -0.296 e. The number of halogens is 1. The van der Waals surface area contributed by atoms with E-state index < -0.39 is 5.82 Å². The van der Waals surface area contributed by atoms with E-state index in [4.69, 9.17) is 5.26 Å². The van der Waals surface area contributed by atoms with Crippen molar-refractivity contribution >= 4 is 0 Å². The van der Waals surface area contributed by atoms with E-state index in [-0.39, 0.29) is 5.56 Å². The maximum Gasteiger partial charge on any atom is 0.145 e. The first-order chi connectivity index (χ1) is 9.60. The summed E-state index contributed by atoms with van der Waals surface area (Å²) in [5.74, 6) is -0.431. The number of nitriles is 1. The minimum absolute atomic E-state index is 0.0876. The molecule has 102 valence electrons. The van der Waals surface area contributed by atoms with Gasteiger partial charge in [0.2, 0.25) is 0 Å². The zero-order valence-electron chi connectivity index (χ0n) is 11.6. The first-order valence-corrected chi connectivity index (χ1v) is 6.38. The van der Waals surface area contributed by atoms with Crippen LogP contribution in [0.5, 0.6) is 0 Å². The summed E-state index contributed by atoms with van der Waals surface area (Å²) in [6.07, 6.45) is 0. The second kappa shape index (κ2) is 6.27. The predicted molar refractivity (Wildman–Crippen MR) is 75.3 cm³/mol. The van der Waals surface area contributed by atoms with E-state index >= 15 is 0 Å². The topological polar surface area (TPSA) is 39.9 Å². The lowest BCUT2D eigenvalue weighted by Gasteiger charge is -2.17. The third kappa shape index (κ3) is 3.40. The first-order valence-electron chi connectivity index (χ1n) is 6.38. The van der Waals surface area contributed by atoms with Crippen LogP contribution in [-0.4, -0.2) is 16.9 Å². The highest BCUT2D eigenvalue weighted by atomic mass is 19.1. The number of aromatic nitrogens is 1. The SMILES string of the molecule is Cc1cccc(CN(C)Cc2cccc(C#N)c2F)n1. The molecule has 0 aliphatic heterocycles. The van der Waals surface area contributed by atoms with Crippen molar-refractivity contribution in [3.8, 4) is 6.07 Å². The molecule has 0 aliphatic carbocycles.